The van der Waals surface area contributed by atoms with E-state index in [4.69, 9.17) is 19.2 Å². The van der Waals surface area contributed by atoms with Gasteiger partial charge in [-0.2, -0.15) is 0 Å². The van der Waals surface area contributed by atoms with E-state index in [0.717, 1.165) is 51.4 Å². The number of rotatable bonds is 30. The highest BCUT2D eigenvalue weighted by molar-refractivity contribution is 6.15. The number of allylic oxidation sites excluding steroid dienone is 4. The van der Waals surface area contributed by atoms with Crippen molar-refractivity contribution in [2.24, 2.45) is 0 Å². The molecule has 0 aromatic rings. The van der Waals surface area contributed by atoms with Gasteiger partial charge in [-0.15, -0.1) is 0 Å². The molecule has 0 saturated carbocycles. The maximum absolute atomic E-state index is 12.5. The van der Waals surface area contributed by atoms with E-state index in [1.54, 1.807) is 11.9 Å². The predicted octanol–water partition coefficient (Wildman–Crippen LogP) is 7.83. The molecule has 0 amide bonds. The topological polar surface area (TPSA) is 85.3 Å². The molecule has 237 valence electrons. The van der Waals surface area contributed by atoms with Crippen LogP contribution in [0.15, 0.2) is 24.3 Å². The molecule has 1 atom stereocenters. The van der Waals surface area contributed by atoms with Gasteiger partial charge in [0.1, 0.15) is 12.7 Å². The summed E-state index contributed by atoms with van der Waals surface area (Å²) in [5, 5.41) is 8.77. The summed E-state index contributed by atoms with van der Waals surface area (Å²) in [5.74, 6) is -0.527. The molecule has 0 saturated heterocycles. The van der Waals surface area contributed by atoms with Crippen molar-refractivity contribution in [1.82, 2.24) is 4.90 Å². The fourth-order valence-corrected chi connectivity index (χ4v) is 4.43. The summed E-state index contributed by atoms with van der Waals surface area (Å²) in [6, 6.07) is 0. The number of likely N-dealkylation sites (N-methyl/N-ethyl adjacent to an activating group) is 1. The van der Waals surface area contributed by atoms with Crippen LogP contribution in [0.1, 0.15) is 142 Å². The molecule has 0 heterocycles. The minimum atomic E-state index is -0.580. The molecule has 0 fully saturated rings. The normalized spacial score (nSPS) is 12.4. The average molecular weight is 579 g/mol. The number of nitrogens with zero attached hydrogens (tertiary/aromatic N) is 1. The number of unbranched alkanes of at least 4 members (excludes halogenated alkanes) is 14. The molecule has 0 aliphatic carbocycles. The van der Waals surface area contributed by atoms with Crippen molar-refractivity contribution in [3.05, 3.63) is 24.3 Å². The Labute approximate surface area is 252 Å². The predicted molar refractivity (Wildman–Crippen MR) is 169 cm³/mol. The summed E-state index contributed by atoms with van der Waals surface area (Å²) in [6.07, 6.45) is 29.6. The zero-order valence-electron chi connectivity index (χ0n) is 26.7. The van der Waals surface area contributed by atoms with Crippen molar-refractivity contribution in [3.63, 3.8) is 0 Å². The van der Waals surface area contributed by atoms with Crippen LogP contribution in [0.25, 0.3) is 0 Å². The second-order valence-corrected chi connectivity index (χ2v) is 11.1. The summed E-state index contributed by atoms with van der Waals surface area (Å²) in [4.78, 5) is 26.5. The number of esters is 2. The smallest absolute Gasteiger partial charge is 0.462 e. The minimum Gasteiger partial charge on any atom is -0.462 e. The van der Waals surface area contributed by atoms with E-state index in [9.17, 15) is 9.59 Å². The molecular formula is C33H61BNO6. The van der Waals surface area contributed by atoms with E-state index in [0.29, 0.717) is 27.1 Å². The summed E-state index contributed by atoms with van der Waals surface area (Å²) in [5.41, 5.74) is 0. The zero-order valence-corrected chi connectivity index (χ0v) is 26.7. The van der Waals surface area contributed by atoms with Crippen LogP contribution in [-0.2, 0) is 23.7 Å². The lowest BCUT2D eigenvalue weighted by atomic mass is 10.1. The van der Waals surface area contributed by atoms with Crippen molar-refractivity contribution in [2.75, 3.05) is 26.9 Å². The van der Waals surface area contributed by atoms with Gasteiger partial charge in [-0.1, -0.05) is 102 Å². The van der Waals surface area contributed by atoms with Crippen molar-refractivity contribution >= 4 is 19.6 Å². The lowest BCUT2D eigenvalue weighted by Gasteiger charge is -2.23. The third kappa shape index (κ3) is 29.7. The van der Waals surface area contributed by atoms with Gasteiger partial charge in [0.15, 0.2) is 0 Å². The van der Waals surface area contributed by atoms with Crippen LogP contribution >= 0.6 is 0 Å². The highest BCUT2D eigenvalue weighted by Gasteiger charge is 2.19. The first-order valence-electron chi connectivity index (χ1n) is 16.4. The third-order valence-corrected chi connectivity index (χ3v) is 6.90. The van der Waals surface area contributed by atoms with Crippen LogP contribution in [0.3, 0.4) is 0 Å². The maximum Gasteiger partial charge on any atom is 0.486 e. The molecular weight excluding hydrogens is 517 g/mol. The van der Waals surface area contributed by atoms with E-state index in [2.05, 4.69) is 38.2 Å². The van der Waals surface area contributed by atoms with Crippen LogP contribution in [0.2, 0.25) is 0 Å². The molecule has 1 radical (unpaired) electrons. The molecule has 0 aliphatic rings. The van der Waals surface area contributed by atoms with Gasteiger partial charge in [0.2, 0.25) is 0 Å². The quantitative estimate of drug-likeness (QED) is 0.0306. The summed E-state index contributed by atoms with van der Waals surface area (Å²) in [7, 11) is 2.41. The van der Waals surface area contributed by atoms with Crippen molar-refractivity contribution in [2.45, 2.75) is 148 Å². The number of hydrogen-bond acceptors (Lipinski definition) is 7. The van der Waals surface area contributed by atoms with Gasteiger partial charge in [0.05, 0.1) is 6.73 Å². The molecule has 8 heteroatoms. The molecule has 0 spiro atoms. The summed E-state index contributed by atoms with van der Waals surface area (Å²) in [6.45, 7) is 4.92. The van der Waals surface area contributed by atoms with Crippen molar-refractivity contribution in [1.29, 1.82) is 0 Å². The van der Waals surface area contributed by atoms with Crippen molar-refractivity contribution in [3.8, 4) is 0 Å². The SMILES string of the molecule is CCCC/C=C\CCCCCCCC(=O)OCC(CN(C)CO[B]O)OC(=O)CCCCCCC/C=C\CCCC. The van der Waals surface area contributed by atoms with E-state index < -0.39 is 6.10 Å². The lowest BCUT2D eigenvalue weighted by molar-refractivity contribution is -0.160. The standard InChI is InChI=1S/C33H61BNO6/c1-4-6-8-10-12-14-16-18-20-22-24-26-32(36)39-29-31(28-35(3)30-40-34-38)41-33(37)27-25-23-21-19-17-15-13-11-9-7-5-2/h10-13,31,38H,4-9,14-30H2,1-3H3/b12-10-,13-11-. The fraction of sp³-hybridized carbons (Fsp3) is 0.818. The average Bonchev–Trinajstić information content (AvgIpc) is 2.96. The summed E-state index contributed by atoms with van der Waals surface area (Å²) < 4.78 is 16.0. The Morgan fingerprint density at radius 3 is 1.68 bits per heavy atom. The number of hydrogen-bond donors (Lipinski definition) is 1. The van der Waals surface area contributed by atoms with Crippen molar-refractivity contribution < 1.29 is 28.7 Å². The first-order chi connectivity index (χ1) is 20.0. The number of carbonyl (C=O) groups is 2. The number of carbonyl (C=O) groups excluding carboxylic acids is 2. The van der Waals surface area contributed by atoms with Gasteiger partial charge in [-0.3, -0.25) is 14.5 Å². The first-order valence-corrected chi connectivity index (χ1v) is 16.4. The van der Waals surface area contributed by atoms with E-state index >= 15 is 0 Å². The molecule has 0 aromatic carbocycles. The Bertz CT molecular complexity index is 658. The lowest BCUT2D eigenvalue weighted by Crippen LogP contribution is -2.37. The second kappa shape index (κ2) is 31.3. The van der Waals surface area contributed by atoms with E-state index in [-0.39, 0.29) is 25.3 Å². The Morgan fingerprint density at radius 1 is 0.707 bits per heavy atom. The Hall–Kier alpha value is -1.64. The molecule has 1 N–H and O–H groups in total. The Balaban J connectivity index is 4.15. The molecule has 0 bridgehead atoms. The van der Waals surface area contributed by atoms with E-state index in [1.807, 2.05) is 0 Å². The van der Waals surface area contributed by atoms with Gasteiger partial charge in [0, 0.05) is 19.4 Å². The zero-order chi connectivity index (χ0) is 30.2. The Kier molecular flexibility index (Phi) is 30.1. The maximum atomic E-state index is 12.5. The van der Waals surface area contributed by atoms with Gasteiger partial charge < -0.3 is 19.2 Å². The van der Waals surface area contributed by atoms with Gasteiger partial charge in [0.25, 0.3) is 0 Å². The Morgan fingerprint density at radius 2 is 1.17 bits per heavy atom. The molecule has 0 aromatic heterocycles. The second-order valence-electron chi connectivity index (χ2n) is 11.1. The minimum absolute atomic E-state index is 0.0217. The van der Waals surface area contributed by atoms with Crippen LogP contribution < -0.4 is 0 Å². The highest BCUT2D eigenvalue weighted by atomic mass is 16.6. The van der Waals surface area contributed by atoms with Gasteiger partial charge in [-0.25, -0.2) is 0 Å². The van der Waals surface area contributed by atoms with Gasteiger partial charge in [-0.05, 0) is 58.4 Å². The summed E-state index contributed by atoms with van der Waals surface area (Å²) >= 11 is 0. The first kappa shape index (κ1) is 39.4. The molecule has 41 heavy (non-hydrogen) atoms. The van der Waals surface area contributed by atoms with Crippen LogP contribution in [0.5, 0.6) is 0 Å². The largest absolute Gasteiger partial charge is 0.486 e. The van der Waals surface area contributed by atoms with Gasteiger partial charge >= 0.3 is 19.6 Å². The monoisotopic (exact) mass is 578 g/mol. The third-order valence-electron chi connectivity index (χ3n) is 6.90. The fourth-order valence-electron chi connectivity index (χ4n) is 4.43. The van der Waals surface area contributed by atoms with Crippen LogP contribution in [-0.4, -0.2) is 62.6 Å². The van der Waals surface area contributed by atoms with E-state index in [1.165, 1.54) is 64.2 Å². The number of ether oxygens (including phenoxy) is 2. The highest BCUT2D eigenvalue weighted by Crippen LogP contribution is 2.11. The molecule has 7 nitrogen and oxygen atoms in total. The molecule has 1 unspecified atom stereocenters. The molecule has 0 rings (SSSR count). The molecule has 0 aliphatic heterocycles. The van der Waals surface area contributed by atoms with Crippen LogP contribution in [0.4, 0.5) is 0 Å². The van der Waals surface area contributed by atoms with Crippen LogP contribution in [0, 0.1) is 0 Å².